The van der Waals surface area contributed by atoms with Crippen molar-refractivity contribution in [2.45, 2.75) is 6.92 Å². The number of H-pyrrole nitrogens is 1. The number of rotatable bonds is 3. The Bertz CT molecular complexity index is 1110. The van der Waals surface area contributed by atoms with E-state index in [0.29, 0.717) is 23.7 Å². The number of aromatic amines is 1. The minimum absolute atomic E-state index is 0.174. The maximum absolute atomic E-state index is 12.5. The fourth-order valence-corrected chi connectivity index (χ4v) is 2.82. The second-order valence-electron chi connectivity index (χ2n) is 5.61. The third-order valence-corrected chi connectivity index (χ3v) is 3.90. The largest absolute Gasteiger partial charge is 0.478 e. The fourth-order valence-electron chi connectivity index (χ4n) is 2.82. The average molecular weight is 320 g/mol. The Labute approximate surface area is 137 Å². The number of aromatic nitrogens is 4. The second-order valence-corrected chi connectivity index (χ2v) is 5.61. The first kappa shape index (κ1) is 14.4. The quantitative estimate of drug-likeness (QED) is 0.630. The van der Waals surface area contributed by atoms with E-state index in [-0.39, 0.29) is 5.56 Å². The Morgan fingerprint density at radius 2 is 2.04 bits per heavy atom. The van der Waals surface area contributed by atoms with Crippen LogP contribution < -0.4 is 10.3 Å². The van der Waals surface area contributed by atoms with Crippen molar-refractivity contribution in [3.63, 3.8) is 0 Å². The van der Waals surface area contributed by atoms with Crippen LogP contribution in [0.4, 0.5) is 0 Å². The van der Waals surface area contributed by atoms with Crippen molar-refractivity contribution < 1.29 is 4.74 Å². The Hall–Kier alpha value is -3.15. The summed E-state index contributed by atoms with van der Waals surface area (Å²) in [5.74, 6) is 0.505. The lowest BCUT2D eigenvalue weighted by Crippen LogP contribution is -2.09. The molecule has 3 aromatic heterocycles. The highest BCUT2D eigenvalue weighted by Gasteiger charge is 2.09. The molecule has 120 valence electrons. The van der Waals surface area contributed by atoms with Crippen LogP contribution in [0.5, 0.6) is 5.88 Å². The van der Waals surface area contributed by atoms with Gasteiger partial charge in [-0.3, -0.25) is 9.48 Å². The van der Waals surface area contributed by atoms with E-state index < -0.39 is 0 Å². The van der Waals surface area contributed by atoms with Gasteiger partial charge >= 0.3 is 0 Å². The number of pyridine rings is 2. The first-order chi connectivity index (χ1) is 11.6. The SMILES string of the molecule is CCOc1ccc2cc(-c3ccc4nn(C)cc4c3)c(=O)[nH]c2n1. The first-order valence-corrected chi connectivity index (χ1v) is 7.75. The highest BCUT2D eigenvalue weighted by Crippen LogP contribution is 2.24. The minimum Gasteiger partial charge on any atom is -0.478 e. The molecule has 4 aromatic rings. The molecule has 0 spiro atoms. The van der Waals surface area contributed by atoms with Crippen molar-refractivity contribution in [3.05, 3.63) is 52.9 Å². The van der Waals surface area contributed by atoms with Gasteiger partial charge in [-0.25, -0.2) is 0 Å². The van der Waals surface area contributed by atoms with Crippen LogP contribution in [0.3, 0.4) is 0 Å². The molecule has 0 aliphatic heterocycles. The molecule has 1 aromatic carbocycles. The van der Waals surface area contributed by atoms with Crippen LogP contribution in [0.25, 0.3) is 33.1 Å². The molecule has 0 radical (unpaired) electrons. The predicted molar refractivity (Wildman–Crippen MR) is 93.2 cm³/mol. The first-order valence-electron chi connectivity index (χ1n) is 7.75. The van der Waals surface area contributed by atoms with Crippen LogP contribution in [0.1, 0.15) is 6.92 Å². The van der Waals surface area contributed by atoms with Crippen LogP contribution in [0.15, 0.2) is 47.4 Å². The number of hydrogen-bond acceptors (Lipinski definition) is 4. The number of ether oxygens (including phenoxy) is 1. The van der Waals surface area contributed by atoms with Crippen LogP contribution in [-0.4, -0.2) is 26.4 Å². The molecule has 0 aliphatic rings. The van der Waals surface area contributed by atoms with E-state index in [4.69, 9.17) is 4.74 Å². The zero-order valence-electron chi connectivity index (χ0n) is 13.4. The molecule has 6 nitrogen and oxygen atoms in total. The molecule has 3 heterocycles. The lowest BCUT2D eigenvalue weighted by Gasteiger charge is -2.06. The van der Waals surface area contributed by atoms with E-state index in [2.05, 4.69) is 15.1 Å². The summed E-state index contributed by atoms with van der Waals surface area (Å²) in [6.45, 7) is 2.43. The standard InChI is InChI=1S/C18H16N4O2/c1-3-24-16-7-5-12-9-14(18(23)20-17(12)19-16)11-4-6-15-13(8-11)10-22(2)21-15/h4-10H,3H2,1-2H3,(H,19,20,23). The number of aryl methyl sites for hydroxylation is 1. The summed E-state index contributed by atoms with van der Waals surface area (Å²) < 4.78 is 7.14. The van der Waals surface area contributed by atoms with Gasteiger partial charge in [0, 0.05) is 35.6 Å². The molecular weight excluding hydrogens is 304 g/mol. The topological polar surface area (TPSA) is 72.8 Å². The van der Waals surface area contributed by atoms with Gasteiger partial charge in [-0.2, -0.15) is 10.1 Å². The van der Waals surface area contributed by atoms with Crippen LogP contribution >= 0.6 is 0 Å². The van der Waals surface area contributed by atoms with Gasteiger partial charge in [-0.05, 0) is 36.8 Å². The Morgan fingerprint density at radius 3 is 2.88 bits per heavy atom. The van der Waals surface area contributed by atoms with Crippen molar-refractivity contribution in [1.82, 2.24) is 19.7 Å². The van der Waals surface area contributed by atoms with Crippen molar-refractivity contribution in [2.24, 2.45) is 7.05 Å². The zero-order chi connectivity index (χ0) is 16.7. The lowest BCUT2D eigenvalue weighted by atomic mass is 10.0. The molecule has 0 amide bonds. The maximum Gasteiger partial charge on any atom is 0.257 e. The minimum atomic E-state index is -0.174. The normalized spacial score (nSPS) is 11.2. The Balaban J connectivity index is 1.86. The van der Waals surface area contributed by atoms with Gasteiger partial charge in [0.25, 0.3) is 5.56 Å². The molecule has 4 rings (SSSR count). The smallest absolute Gasteiger partial charge is 0.257 e. The third-order valence-electron chi connectivity index (χ3n) is 3.90. The Morgan fingerprint density at radius 1 is 1.17 bits per heavy atom. The van der Waals surface area contributed by atoms with Gasteiger partial charge in [0.15, 0.2) is 0 Å². The van der Waals surface area contributed by atoms with Gasteiger partial charge in [0.1, 0.15) is 5.65 Å². The summed E-state index contributed by atoms with van der Waals surface area (Å²) >= 11 is 0. The number of nitrogens with zero attached hydrogens (tertiary/aromatic N) is 3. The van der Waals surface area contributed by atoms with Crippen molar-refractivity contribution >= 4 is 21.9 Å². The number of hydrogen-bond donors (Lipinski definition) is 1. The summed E-state index contributed by atoms with van der Waals surface area (Å²) in [7, 11) is 1.88. The number of benzene rings is 1. The molecule has 0 saturated heterocycles. The molecule has 6 heteroatoms. The molecule has 0 atom stereocenters. The summed E-state index contributed by atoms with van der Waals surface area (Å²) in [5.41, 5.74) is 2.72. The molecule has 0 fully saturated rings. The van der Waals surface area contributed by atoms with E-state index in [1.165, 1.54) is 0 Å². The van der Waals surface area contributed by atoms with Crippen LogP contribution in [0, 0.1) is 0 Å². The summed E-state index contributed by atoms with van der Waals surface area (Å²) in [6.07, 6.45) is 1.93. The second kappa shape index (κ2) is 5.49. The van der Waals surface area contributed by atoms with E-state index in [9.17, 15) is 4.79 Å². The highest BCUT2D eigenvalue weighted by atomic mass is 16.5. The van der Waals surface area contributed by atoms with E-state index in [0.717, 1.165) is 21.9 Å². The zero-order valence-corrected chi connectivity index (χ0v) is 13.4. The van der Waals surface area contributed by atoms with E-state index in [1.54, 1.807) is 10.7 Å². The molecule has 0 bridgehead atoms. The molecule has 1 N–H and O–H groups in total. The van der Waals surface area contributed by atoms with Crippen LogP contribution in [0.2, 0.25) is 0 Å². The molecule has 0 aliphatic carbocycles. The van der Waals surface area contributed by atoms with Gasteiger partial charge in [0.05, 0.1) is 12.1 Å². The lowest BCUT2D eigenvalue weighted by molar-refractivity contribution is 0.328. The molecular formula is C18H16N4O2. The fraction of sp³-hybridized carbons (Fsp3) is 0.167. The highest BCUT2D eigenvalue weighted by molar-refractivity contribution is 5.86. The van der Waals surface area contributed by atoms with Gasteiger partial charge in [0.2, 0.25) is 5.88 Å². The summed E-state index contributed by atoms with van der Waals surface area (Å²) in [5, 5.41) is 6.21. The molecule has 0 unspecified atom stereocenters. The third kappa shape index (κ3) is 2.42. The average Bonchev–Trinajstić information content (AvgIpc) is 2.93. The van der Waals surface area contributed by atoms with E-state index >= 15 is 0 Å². The van der Waals surface area contributed by atoms with Gasteiger partial charge in [-0.1, -0.05) is 6.07 Å². The molecule has 0 saturated carbocycles. The summed E-state index contributed by atoms with van der Waals surface area (Å²) in [4.78, 5) is 19.7. The molecule has 24 heavy (non-hydrogen) atoms. The number of nitrogens with one attached hydrogen (secondary N) is 1. The predicted octanol–water partition coefficient (Wildman–Crippen LogP) is 2.88. The van der Waals surface area contributed by atoms with Crippen molar-refractivity contribution in [3.8, 4) is 17.0 Å². The summed E-state index contributed by atoms with van der Waals surface area (Å²) in [6, 6.07) is 11.4. The van der Waals surface area contributed by atoms with Crippen molar-refractivity contribution in [1.29, 1.82) is 0 Å². The Kier molecular flexibility index (Phi) is 3.30. The number of fused-ring (bicyclic) bond motifs is 2. The monoisotopic (exact) mass is 320 g/mol. The van der Waals surface area contributed by atoms with Crippen molar-refractivity contribution in [2.75, 3.05) is 6.61 Å². The van der Waals surface area contributed by atoms with Gasteiger partial charge in [-0.15, -0.1) is 0 Å². The van der Waals surface area contributed by atoms with E-state index in [1.807, 2.05) is 50.5 Å². The van der Waals surface area contributed by atoms with Gasteiger partial charge < -0.3 is 9.72 Å². The van der Waals surface area contributed by atoms with Crippen LogP contribution in [-0.2, 0) is 7.05 Å². The maximum atomic E-state index is 12.5.